The second-order valence-electron chi connectivity index (χ2n) is 9.79. The van der Waals surface area contributed by atoms with E-state index in [4.69, 9.17) is 50.5 Å². The molecule has 45 heavy (non-hydrogen) atoms. The van der Waals surface area contributed by atoms with Gasteiger partial charge in [-0.05, 0) is 0 Å². The summed E-state index contributed by atoms with van der Waals surface area (Å²) in [4.78, 5) is 56.0. The molecule has 0 spiro atoms. The van der Waals surface area contributed by atoms with E-state index in [2.05, 4.69) is 25.6 Å². The second-order valence-corrected chi connectivity index (χ2v) is 13.9. The molecule has 0 aromatic carbocycles. The number of aromatic nitrogens is 4. The van der Waals surface area contributed by atoms with Gasteiger partial charge in [0.2, 0.25) is 18.0 Å². The molecule has 0 saturated carbocycles. The largest absolute Gasteiger partial charge is 0.616 e. The second kappa shape index (κ2) is 10.7. The Morgan fingerprint density at radius 3 is 2.89 bits per heavy atom. The van der Waals surface area contributed by atoms with Crippen LogP contribution in [0.3, 0.4) is 0 Å². The first-order valence-corrected chi connectivity index (χ1v) is 16.8. The third-order valence-corrected chi connectivity index (χ3v) is 9.10. The van der Waals surface area contributed by atoms with Gasteiger partial charge in [-0.1, -0.05) is 0 Å². The van der Waals surface area contributed by atoms with Crippen LogP contribution < -0.4 is 37.1 Å². The molecule has 1 saturated heterocycles. The Bertz CT molecular complexity index is 1910. The maximum Gasteiger partial charge on any atom is 0.616 e. The lowest BCUT2D eigenvalue weighted by Crippen LogP contribution is -2.63. The van der Waals surface area contributed by atoms with E-state index < -0.39 is 74.7 Å². The number of imidazole rings is 1. The van der Waals surface area contributed by atoms with E-state index in [0.717, 1.165) is 17.1 Å². The number of nitrogens with one attached hydrogen (secondary N) is 3. The van der Waals surface area contributed by atoms with Crippen LogP contribution >= 0.6 is 14.9 Å². The van der Waals surface area contributed by atoms with Gasteiger partial charge in [0.05, 0.1) is 18.2 Å². The molecule has 240 valence electrons. The number of nitrogens with two attached hydrogens (primary N) is 2. The number of hydrogen-bond donors (Lipinski definition) is 8. The third kappa shape index (κ3) is 5.33. The molecule has 2 bridgehead atoms. The number of anilines is 2. The van der Waals surface area contributed by atoms with Gasteiger partial charge in [0.25, 0.3) is 17.2 Å². The summed E-state index contributed by atoms with van der Waals surface area (Å²) in [5.74, 6) is -4.31. The minimum absolute atomic E-state index is 0.0278. The Balaban J connectivity index is 1.26. The van der Waals surface area contributed by atoms with Gasteiger partial charge in [-0.25, -0.2) is 18.3 Å². The highest BCUT2D eigenvalue weighted by Gasteiger charge is 2.51. The zero-order valence-corrected chi connectivity index (χ0v) is 24.8. The van der Waals surface area contributed by atoms with Gasteiger partial charge in [0, 0.05) is 30.7 Å². The first-order valence-electron chi connectivity index (χ1n) is 12.7. The Labute approximate surface area is 254 Å². The number of ether oxygens (including phenoxy) is 1. The zero-order chi connectivity index (χ0) is 31.8. The van der Waals surface area contributed by atoms with Gasteiger partial charge in [-0.2, -0.15) is 14.8 Å². The fraction of sp³-hybridized carbons (Fsp3) is 0.286. The van der Waals surface area contributed by atoms with Crippen molar-refractivity contribution in [2.75, 3.05) is 17.3 Å². The molecule has 19 nitrogen and oxygen atoms in total. The minimum Gasteiger partial charge on any atom is -0.438 e. The molecular formula is C21H22F2N9O10P2S+. The highest BCUT2D eigenvalue weighted by molar-refractivity contribution is 8.07. The zero-order valence-electron chi connectivity index (χ0n) is 22.2. The van der Waals surface area contributed by atoms with E-state index in [-0.39, 0.29) is 41.2 Å². The van der Waals surface area contributed by atoms with E-state index in [9.17, 15) is 23.9 Å². The molecule has 3 aromatic heterocycles. The summed E-state index contributed by atoms with van der Waals surface area (Å²) in [6.07, 6.45) is -1.00. The van der Waals surface area contributed by atoms with Crippen LogP contribution in [0.1, 0.15) is 5.76 Å². The maximum atomic E-state index is 15.7. The van der Waals surface area contributed by atoms with Crippen molar-refractivity contribution in [1.82, 2.24) is 30.2 Å². The number of fused-ring (bicyclic) bond motifs is 5. The van der Waals surface area contributed by atoms with Gasteiger partial charge in [0.15, 0.2) is 35.0 Å². The number of nitrogens with zero attached hydrogens (tertiary/aromatic N) is 4. The number of rotatable bonds is 2. The topological polar surface area (TPSA) is 263 Å². The van der Waals surface area contributed by atoms with Crippen molar-refractivity contribution < 1.29 is 50.7 Å². The average Bonchev–Trinajstić information content (AvgIpc) is 3.71. The van der Waals surface area contributed by atoms with Crippen LogP contribution in [0.5, 0.6) is 5.75 Å². The standard InChI is InChI=1S/C21H21F2N9O10P2S/c22-7-2-31(17-12(7)16(24)26-5-27-17)11-1-8-9(39-11)3-37-43(34,35)42-15-13(23)10(4-38-44(36,45)41-8)40-20(15)32-6-28-14-18(32)29-21(25)30-19(14)33/h1-2,4,6,12-13,16-17,26-27,34-35H,3,5,24H2,(H3-,25,29,30,33,36,45)/p+1/b10-4+/t12?,13-,16?,17?,44?/m1/s1. The summed E-state index contributed by atoms with van der Waals surface area (Å²) >= 11 is 5.08. The molecule has 4 aliphatic heterocycles. The number of nitrogen functional groups attached to an aromatic ring is 1. The van der Waals surface area contributed by atoms with Crippen LogP contribution in [-0.4, -0.2) is 59.4 Å². The van der Waals surface area contributed by atoms with E-state index in [1.165, 1.54) is 11.0 Å². The highest BCUT2D eigenvalue weighted by Crippen LogP contribution is 2.59. The minimum atomic E-state index is -4.96. The highest BCUT2D eigenvalue weighted by atomic mass is 32.5. The summed E-state index contributed by atoms with van der Waals surface area (Å²) in [5, 5.41) is 5.95. The predicted octanol–water partition coefficient (Wildman–Crippen LogP) is 0.160. The van der Waals surface area contributed by atoms with Crippen molar-refractivity contribution in [1.29, 1.82) is 0 Å². The Morgan fingerprint density at radius 1 is 1.29 bits per heavy atom. The summed E-state index contributed by atoms with van der Waals surface area (Å²) in [6.45, 7) is -4.85. The molecule has 4 aliphatic rings. The monoisotopic (exact) mass is 692 g/mol. The van der Waals surface area contributed by atoms with E-state index in [1.807, 2.05) is 0 Å². The molecule has 1 fully saturated rings. The smallest absolute Gasteiger partial charge is 0.438 e. The van der Waals surface area contributed by atoms with Crippen molar-refractivity contribution in [3.05, 3.63) is 58.3 Å². The Hall–Kier alpha value is -3.69. The van der Waals surface area contributed by atoms with Crippen LogP contribution in [0, 0.1) is 5.92 Å². The summed E-state index contributed by atoms with van der Waals surface area (Å²) in [6, 6.07) is 1.23. The normalized spacial score (nSPS) is 30.8. The van der Waals surface area contributed by atoms with Crippen molar-refractivity contribution in [3.63, 3.8) is 0 Å². The van der Waals surface area contributed by atoms with Crippen LogP contribution in [0.15, 0.2) is 51.4 Å². The lowest BCUT2D eigenvalue weighted by molar-refractivity contribution is 0.117. The van der Waals surface area contributed by atoms with Crippen LogP contribution in [-0.2, 0) is 36.7 Å². The number of alkyl halides is 1. The first kappa shape index (κ1) is 30.0. The lowest BCUT2D eigenvalue weighted by atomic mass is 10.0. The summed E-state index contributed by atoms with van der Waals surface area (Å²) in [7, 11) is -4.96. The predicted molar refractivity (Wildman–Crippen MR) is 152 cm³/mol. The Kier molecular flexibility index (Phi) is 7.13. The fourth-order valence-electron chi connectivity index (χ4n) is 4.95. The van der Waals surface area contributed by atoms with Crippen LogP contribution in [0.2, 0.25) is 0 Å². The molecule has 3 aromatic rings. The molecular weight excluding hydrogens is 670 g/mol. The van der Waals surface area contributed by atoms with Crippen molar-refractivity contribution in [3.8, 4) is 5.75 Å². The van der Waals surface area contributed by atoms with E-state index >= 15 is 4.39 Å². The lowest BCUT2D eigenvalue weighted by Gasteiger charge is -2.36. The van der Waals surface area contributed by atoms with Gasteiger partial charge in [-0.3, -0.25) is 29.8 Å². The molecule has 4 unspecified atom stereocenters. The molecule has 0 amide bonds. The van der Waals surface area contributed by atoms with Crippen LogP contribution in [0.25, 0.3) is 17.0 Å². The summed E-state index contributed by atoms with van der Waals surface area (Å²) in [5.41, 5.74) is 10.5. The molecule has 5 atom stereocenters. The number of H-pyrrole nitrogens is 1. The maximum absolute atomic E-state index is 15.7. The van der Waals surface area contributed by atoms with Crippen molar-refractivity contribution in [2.24, 2.45) is 11.7 Å². The van der Waals surface area contributed by atoms with E-state index in [1.54, 1.807) is 0 Å². The fourth-order valence-corrected chi connectivity index (χ4v) is 6.77. The van der Waals surface area contributed by atoms with Gasteiger partial charge in [0.1, 0.15) is 18.4 Å². The first-order chi connectivity index (χ1) is 21.3. The number of hydrogen-bond acceptors (Lipinski definition) is 17. The van der Waals surface area contributed by atoms with Gasteiger partial charge in [-0.15, -0.1) is 4.52 Å². The van der Waals surface area contributed by atoms with Crippen LogP contribution in [0.4, 0.5) is 20.6 Å². The number of aromatic amines is 1. The molecule has 10 N–H and O–H groups in total. The quantitative estimate of drug-likeness (QED) is 0.166. The Morgan fingerprint density at radius 2 is 2.09 bits per heavy atom. The molecule has 0 aliphatic carbocycles. The third-order valence-electron chi connectivity index (χ3n) is 6.91. The van der Waals surface area contributed by atoms with E-state index in [0.29, 0.717) is 6.26 Å². The summed E-state index contributed by atoms with van der Waals surface area (Å²) < 4.78 is 63.8. The molecule has 0 radical (unpaired) electrons. The molecule has 24 heteroatoms. The molecule has 7 heterocycles. The number of halogens is 2. The number of furan rings is 1. The van der Waals surface area contributed by atoms with Crippen molar-refractivity contribution in [2.45, 2.75) is 25.1 Å². The molecule has 7 rings (SSSR count). The van der Waals surface area contributed by atoms with Crippen molar-refractivity contribution >= 4 is 55.6 Å². The average molecular weight is 692 g/mol. The SMILES string of the molecule is Nc1nc2c(ncn2C2=C3O[P+](O)(O)OCc4oc(N5C=C(F)C6C(N)NCNC65)cc4OP(O)(=S)O/C=C(/O2)[C@H]3F)c(=O)[nH]1. The van der Waals surface area contributed by atoms with Gasteiger partial charge < -0.3 is 34.6 Å². The van der Waals surface area contributed by atoms with Gasteiger partial charge >= 0.3 is 14.9 Å².